The maximum absolute atomic E-state index is 13.2. The van der Waals surface area contributed by atoms with Gasteiger partial charge in [-0.3, -0.25) is 4.79 Å². The van der Waals surface area contributed by atoms with E-state index in [1.807, 2.05) is 0 Å². The van der Waals surface area contributed by atoms with Gasteiger partial charge in [-0.1, -0.05) is 6.07 Å². The number of halogens is 2. The average Bonchev–Trinajstić information content (AvgIpc) is 2.69. The summed E-state index contributed by atoms with van der Waals surface area (Å²) < 4.78 is 31.0. The fourth-order valence-corrected chi connectivity index (χ4v) is 1.16. The Hall–Kier alpha value is -2.04. The summed E-state index contributed by atoms with van der Waals surface area (Å²) in [5.41, 5.74) is -0.653. The normalized spacial score (nSPS) is 10.3. The average molecular weight is 209 g/mol. The zero-order chi connectivity index (χ0) is 10.8. The fraction of sp³-hybridized carbons (Fsp3) is 0. The van der Waals surface area contributed by atoms with E-state index < -0.39 is 23.0 Å². The molecule has 3 nitrogen and oxygen atoms in total. The number of hydrogen-bond acceptors (Lipinski definition) is 3. The molecule has 0 spiro atoms. The van der Waals surface area contributed by atoms with Gasteiger partial charge in [0.1, 0.15) is 17.9 Å². The second-order valence-corrected chi connectivity index (χ2v) is 2.76. The highest BCUT2D eigenvalue weighted by Gasteiger charge is 2.21. The quantitative estimate of drug-likeness (QED) is 0.712. The second kappa shape index (κ2) is 3.61. The van der Waals surface area contributed by atoms with Gasteiger partial charge in [-0.15, -0.1) is 0 Å². The number of rotatable bonds is 2. The number of oxazole rings is 1. The molecule has 0 aliphatic carbocycles. The van der Waals surface area contributed by atoms with Crippen molar-refractivity contribution < 1.29 is 18.0 Å². The van der Waals surface area contributed by atoms with E-state index in [2.05, 4.69) is 9.40 Å². The molecule has 0 amide bonds. The van der Waals surface area contributed by atoms with Crippen molar-refractivity contribution in [1.29, 1.82) is 0 Å². The third-order valence-corrected chi connectivity index (χ3v) is 1.82. The van der Waals surface area contributed by atoms with Gasteiger partial charge in [0.2, 0.25) is 0 Å². The van der Waals surface area contributed by atoms with Crippen LogP contribution in [0.4, 0.5) is 8.78 Å². The molecule has 0 fully saturated rings. The first-order valence-corrected chi connectivity index (χ1v) is 4.08. The summed E-state index contributed by atoms with van der Waals surface area (Å²) in [6, 6.07) is 3.18. The Morgan fingerprint density at radius 3 is 2.47 bits per heavy atom. The predicted octanol–water partition coefficient (Wildman–Crippen LogP) is 2.18. The van der Waals surface area contributed by atoms with Gasteiger partial charge < -0.3 is 4.42 Å². The highest BCUT2D eigenvalue weighted by Crippen LogP contribution is 2.15. The van der Waals surface area contributed by atoms with Crippen molar-refractivity contribution in [3.05, 3.63) is 53.7 Å². The first kappa shape index (κ1) is 9.51. The maximum atomic E-state index is 13.2. The molecule has 2 rings (SSSR count). The minimum atomic E-state index is -0.932. The largest absolute Gasteiger partial charge is 0.442 e. The number of nitrogens with zero attached hydrogens (tertiary/aromatic N) is 1. The monoisotopic (exact) mass is 209 g/mol. The van der Waals surface area contributed by atoms with Crippen molar-refractivity contribution in [3.63, 3.8) is 0 Å². The van der Waals surface area contributed by atoms with Gasteiger partial charge in [-0.2, -0.15) is 0 Å². The van der Waals surface area contributed by atoms with E-state index in [1.165, 1.54) is 12.3 Å². The van der Waals surface area contributed by atoms with Gasteiger partial charge in [0.05, 0.1) is 11.8 Å². The Kier molecular flexibility index (Phi) is 2.29. The number of aromatic nitrogens is 1. The lowest BCUT2D eigenvalue weighted by molar-refractivity contribution is 0.0994. The van der Waals surface area contributed by atoms with Crippen LogP contribution in [0, 0.1) is 11.6 Å². The van der Waals surface area contributed by atoms with E-state index in [-0.39, 0.29) is 5.89 Å². The Bertz CT molecular complexity index is 474. The molecule has 0 saturated carbocycles. The van der Waals surface area contributed by atoms with Crippen molar-refractivity contribution in [2.75, 3.05) is 0 Å². The fourth-order valence-electron chi connectivity index (χ4n) is 1.16. The molecule has 0 N–H and O–H groups in total. The molecule has 0 aliphatic rings. The number of benzene rings is 1. The first-order chi connectivity index (χ1) is 7.20. The van der Waals surface area contributed by atoms with E-state index in [4.69, 9.17) is 0 Å². The molecule has 2 aromatic rings. The molecule has 5 heteroatoms. The topological polar surface area (TPSA) is 43.1 Å². The van der Waals surface area contributed by atoms with Gasteiger partial charge in [-0.05, 0) is 12.1 Å². The van der Waals surface area contributed by atoms with Gasteiger partial charge in [0, 0.05) is 0 Å². The van der Waals surface area contributed by atoms with E-state index in [0.29, 0.717) is 0 Å². The molecule has 0 bridgehead atoms. The Balaban J connectivity index is 2.51. The molecule has 0 aliphatic heterocycles. The highest BCUT2D eigenvalue weighted by molar-refractivity contribution is 6.06. The Morgan fingerprint density at radius 1 is 1.27 bits per heavy atom. The van der Waals surface area contributed by atoms with Gasteiger partial charge >= 0.3 is 0 Å². The zero-order valence-corrected chi connectivity index (χ0v) is 7.41. The Morgan fingerprint density at radius 2 is 1.93 bits per heavy atom. The molecule has 1 aromatic carbocycles. The van der Waals surface area contributed by atoms with Crippen LogP contribution in [0.2, 0.25) is 0 Å². The summed E-state index contributed by atoms with van der Waals surface area (Å²) in [5.74, 6) is -3.11. The summed E-state index contributed by atoms with van der Waals surface area (Å²) in [4.78, 5) is 15.0. The number of ketones is 1. The molecular weight excluding hydrogens is 204 g/mol. The number of hydrogen-bond donors (Lipinski definition) is 0. The SMILES string of the molecule is O=C(c1ncco1)c1c(F)cccc1F. The van der Waals surface area contributed by atoms with Gasteiger partial charge in [0.15, 0.2) is 0 Å². The van der Waals surface area contributed by atoms with Crippen LogP contribution in [0.3, 0.4) is 0 Å². The standard InChI is InChI=1S/C10H5F2NO2/c11-6-2-1-3-7(12)8(6)9(14)10-13-4-5-15-10/h1-5H. The third-order valence-electron chi connectivity index (χ3n) is 1.82. The lowest BCUT2D eigenvalue weighted by atomic mass is 10.1. The molecule has 15 heavy (non-hydrogen) atoms. The van der Waals surface area contributed by atoms with Gasteiger partial charge in [-0.25, -0.2) is 13.8 Å². The van der Waals surface area contributed by atoms with Crippen molar-refractivity contribution >= 4 is 5.78 Å². The summed E-state index contributed by atoms with van der Waals surface area (Å²) >= 11 is 0. The maximum Gasteiger partial charge on any atom is 0.268 e. The van der Waals surface area contributed by atoms with E-state index in [0.717, 1.165) is 18.4 Å². The molecule has 76 valence electrons. The van der Waals surface area contributed by atoms with Crippen LogP contribution in [0.5, 0.6) is 0 Å². The minimum absolute atomic E-state index is 0.334. The summed E-state index contributed by atoms with van der Waals surface area (Å²) in [6.45, 7) is 0. The molecule has 0 atom stereocenters. The van der Waals surface area contributed by atoms with Crippen LogP contribution >= 0.6 is 0 Å². The summed E-state index contributed by atoms with van der Waals surface area (Å²) in [5, 5.41) is 0. The van der Waals surface area contributed by atoms with E-state index in [9.17, 15) is 13.6 Å². The van der Waals surface area contributed by atoms with Crippen LogP contribution in [-0.2, 0) is 0 Å². The van der Waals surface area contributed by atoms with E-state index >= 15 is 0 Å². The molecule has 0 radical (unpaired) electrons. The third kappa shape index (κ3) is 1.63. The predicted molar refractivity (Wildman–Crippen MR) is 46.3 cm³/mol. The van der Waals surface area contributed by atoms with Gasteiger partial charge in [0.25, 0.3) is 11.7 Å². The molecule has 0 saturated heterocycles. The summed E-state index contributed by atoms with van der Waals surface area (Å²) in [7, 11) is 0. The number of carbonyl (C=O) groups excluding carboxylic acids is 1. The van der Waals surface area contributed by atoms with Crippen LogP contribution in [0.25, 0.3) is 0 Å². The number of carbonyl (C=O) groups is 1. The van der Waals surface area contributed by atoms with Crippen molar-refractivity contribution in [3.8, 4) is 0 Å². The lowest BCUT2D eigenvalue weighted by Gasteiger charge is -1.99. The van der Waals surface area contributed by atoms with Crippen molar-refractivity contribution in [1.82, 2.24) is 4.98 Å². The molecule has 0 unspecified atom stereocenters. The smallest absolute Gasteiger partial charge is 0.268 e. The minimum Gasteiger partial charge on any atom is -0.442 e. The van der Waals surface area contributed by atoms with Crippen molar-refractivity contribution in [2.24, 2.45) is 0 Å². The van der Waals surface area contributed by atoms with E-state index in [1.54, 1.807) is 0 Å². The lowest BCUT2D eigenvalue weighted by Crippen LogP contribution is -2.07. The van der Waals surface area contributed by atoms with Crippen LogP contribution < -0.4 is 0 Å². The first-order valence-electron chi connectivity index (χ1n) is 4.08. The second-order valence-electron chi connectivity index (χ2n) is 2.76. The van der Waals surface area contributed by atoms with Crippen LogP contribution in [0.15, 0.2) is 35.1 Å². The summed E-state index contributed by atoms with van der Waals surface area (Å²) in [6.07, 6.45) is 2.39. The molecule has 1 heterocycles. The van der Waals surface area contributed by atoms with Crippen LogP contribution in [-0.4, -0.2) is 10.8 Å². The molecule has 1 aromatic heterocycles. The Labute approximate surface area is 83.4 Å². The zero-order valence-electron chi connectivity index (χ0n) is 7.41. The van der Waals surface area contributed by atoms with Crippen LogP contribution in [0.1, 0.15) is 16.2 Å². The van der Waals surface area contributed by atoms with Crippen molar-refractivity contribution in [2.45, 2.75) is 0 Å². The molecular formula is C10H5F2NO2. The highest BCUT2D eigenvalue weighted by atomic mass is 19.1.